The van der Waals surface area contributed by atoms with Gasteiger partial charge >= 0.3 is 10.9 Å². The molecule has 1 N–H and O–H groups in total. The van der Waals surface area contributed by atoms with Crippen molar-refractivity contribution in [1.82, 2.24) is 15.0 Å². The van der Waals surface area contributed by atoms with Crippen LogP contribution in [0.2, 0.25) is 0 Å². The Morgan fingerprint density at radius 2 is 2.32 bits per heavy atom. The summed E-state index contributed by atoms with van der Waals surface area (Å²) in [6, 6.07) is -0.0523. The van der Waals surface area contributed by atoms with E-state index < -0.39 is 5.60 Å². The fourth-order valence-corrected chi connectivity index (χ4v) is 1.97. The van der Waals surface area contributed by atoms with Crippen molar-refractivity contribution in [2.75, 3.05) is 6.54 Å². The van der Waals surface area contributed by atoms with Gasteiger partial charge in [-0.2, -0.15) is 4.98 Å². The fraction of sp³-hybridized carbons (Fsp3) is 0.583. The van der Waals surface area contributed by atoms with E-state index in [9.17, 15) is 4.79 Å². The third-order valence-electron chi connectivity index (χ3n) is 2.64. The Morgan fingerprint density at radius 1 is 1.63 bits per heavy atom. The number of carbonyl (C=O) groups excluding carboxylic acids is 1. The summed E-state index contributed by atoms with van der Waals surface area (Å²) in [5, 5.41) is 2.64. The molecule has 1 amide bonds. The molecular weight excluding hydrogens is 266 g/mol. The average Bonchev–Trinajstić information content (AvgIpc) is 2.82. The fourth-order valence-electron chi connectivity index (χ4n) is 1.83. The number of carbonyl (C=O) groups is 1. The van der Waals surface area contributed by atoms with Crippen LogP contribution in [0.25, 0.3) is 5.57 Å². The number of aromatic amines is 1. The molecule has 1 atom stereocenters. The number of aromatic nitrogens is 2. The quantitative estimate of drug-likeness (QED) is 0.802. The summed E-state index contributed by atoms with van der Waals surface area (Å²) >= 11 is 4.81. The van der Waals surface area contributed by atoms with Crippen molar-refractivity contribution in [2.45, 2.75) is 39.3 Å². The standard InChI is InChI=1S/C12H17N3O3S/c1-7-5-8(9-13-10(19)18-14-9)6-15(7)11(16)17-12(2,3)4/h5,7H,6H2,1-4H3,(H,13,14,19)/t7-/m1/s1. The largest absolute Gasteiger partial charge is 0.444 e. The zero-order valence-corrected chi connectivity index (χ0v) is 12.2. The number of hydrogen-bond donors (Lipinski definition) is 1. The van der Waals surface area contributed by atoms with Crippen LogP contribution in [0.3, 0.4) is 0 Å². The van der Waals surface area contributed by atoms with Crippen LogP contribution in [-0.2, 0) is 4.74 Å². The average molecular weight is 283 g/mol. The number of ether oxygens (including phenoxy) is 1. The zero-order chi connectivity index (χ0) is 14.2. The Hall–Kier alpha value is -1.63. The van der Waals surface area contributed by atoms with E-state index >= 15 is 0 Å². The molecule has 1 aromatic rings. The molecule has 2 heterocycles. The third-order valence-corrected chi connectivity index (χ3v) is 2.82. The molecule has 0 aromatic carbocycles. The first-order valence-corrected chi connectivity index (χ1v) is 6.43. The lowest BCUT2D eigenvalue weighted by atomic mass is 10.2. The lowest BCUT2D eigenvalue weighted by Gasteiger charge is -2.27. The van der Waals surface area contributed by atoms with Gasteiger partial charge in [-0.25, -0.2) is 9.95 Å². The highest BCUT2D eigenvalue weighted by atomic mass is 32.1. The van der Waals surface area contributed by atoms with E-state index in [4.69, 9.17) is 21.5 Å². The van der Waals surface area contributed by atoms with Crippen molar-refractivity contribution < 1.29 is 14.1 Å². The van der Waals surface area contributed by atoms with Crippen LogP contribution in [0.15, 0.2) is 10.6 Å². The molecule has 0 bridgehead atoms. The Balaban J connectivity index is 2.09. The molecule has 0 saturated carbocycles. The summed E-state index contributed by atoms with van der Waals surface area (Å²) in [4.78, 5) is 17.9. The highest BCUT2D eigenvalue weighted by Gasteiger charge is 2.31. The van der Waals surface area contributed by atoms with Crippen LogP contribution in [0, 0.1) is 4.84 Å². The predicted molar refractivity (Wildman–Crippen MR) is 72.1 cm³/mol. The first kappa shape index (κ1) is 13.8. The van der Waals surface area contributed by atoms with E-state index in [0.29, 0.717) is 12.4 Å². The van der Waals surface area contributed by atoms with Gasteiger partial charge in [0.25, 0.3) is 0 Å². The maximum Gasteiger partial charge on any atom is 0.411 e. The van der Waals surface area contributed by atoms with Gasteiger partial charge in [-0.1, -0.05) is 6.08 Å². The van der Waals surface area contributed by atoms with Crippen LogP contribution >= 0.6 is 12.2 Å². The lowest BCUT2D eigenvalue weighted by molar-refractivity contribution is 0.0255. The Labute approximate surface area is 116 Å². The first-order valence-electron chi connectivity index (χ1n) is 6.02. The summed E-state index contributed by atoms with van der Waals surface area (Å²) in [6.45, 7) is 7.87. The number of rotatable bonds is 1. The van der Waals surface area contributed by atoms with Gasteiger partial charge in [0.15, 0.2) is 5.82 Å². The van der Waals surface area contributed by atoms with Crippen molar-refractivity contribution in [3.8, 4) is 0 Å². The molecule has 1 aromatic heterocycles. The smallest absolute Gasteiger partial charge is 0.411 e. The number of nitrogens with zero attached hydrogens (tertiary/aromatic N) is 2. The van der Waals surface area contributed by atoms with Crippen LogP contribution in [0.4, 0.5) is 4.79 Å². The zero-order valence-electron chi connectivity index (χ0n) is 11.4. The molecule has 0 aliphatic carbocycles. The Bertz CT molecular complexity index is 567. The van der Waals surface area contributed by atoms with E-state index in [1.807, 2.05) is 33.8 Å². The van der Waals surface area contributed by atoms with E-state index in [0.717, 1.165) is 5.57 Å². The number of hydrogen-bond acceptors (Lipinski definition) is 5. The van der Waals surface area contributed by atoms with E-state index in [1.165, 1.54) is 0 Å². The molecule has 6 nitrogen and oxygen atoms in total. The van der Waals surface area contributed by atoms with Gasteiger partial charge in [0.1, 0.15) is 5.60 Å². The molecule has 0 saturated heterocycles. The van der Waals surface area contributed by atoms with Crippen LogP contribution < -0.4 is 0 Å². The van der Waals surface area contributed by atoms with E-state index in [2.05, 4.69) is 10.1 Å². The van der Waals surface area contributed by atoms with Crippen LogP contribution in [-0.4, -0.2) is 39.3 Å². The minimum absolute atomic E-state index is 0.0523. The van der Waals surface area contributed by atoms with Crippen molar-refractivity contribution in [1.29, 1.82) is 0 Å². The summed E-state index contributed by atoms with van der Waals surface area (Å²) < 4.78 is 10.3. The van der Waals surface area contributed by atoms with Gasteiger partial charge < -0.3 is 9.26 Å². The topological polar surface area (TPSA) is 71.4 Å². The molecule has 2 rings (SSSR count). The molecule has 0 radical (unpaired) electrons. The van der Waals surface area contributed by atoms with Crippen LogP contribution in [0.1, 0.15) is 33.5 Å². The van der Waals surface area contributed by atoms with Crippen LogP contribution in [0.5, 0.6) is 0 Å². The Kier molecular flexibility index (Phi) is 3.49. The maximum atomic E-state index is 12.0. The normalized spacial score (nSPS) is 19.5. The van der Waals surface area contributed by atoms with Gasteiger partial charge in [-0.05, 0) is 39.9 Å². The molecule has 1 aliphatic heterocycles. The lowest BCUT2D eigenvalue weighted by Crippen LogP contribution is -2.39. The minimum Gasteiger partial charge on any atom is -0.444 e. The third kappa shape index (κ3) is 3.23. The molecule has 104 valence electrons. The number of H-pyrrole nitrogens is 1. The Morgan fingerprint density at radius 3 is 2.84 bits per heavy atom. The molecule has 7 heteroatoms. The summed E-state index contributed by atoms with van der Waals surface area (Å²) in [5.74, 6) is 0.558. The van der Waals surface area contributed by atoms with Gasteiger partial charge in [-0.15, -0.1) is 0 Å². The van der Waals surface area contributed by atoms with Crippen molar-refractivity contribution in [2.24, 2.45) is 0 Å². The van der Waals surface area contributed by atoms with Gasteiger partial charge in [0, 0.05) is 5.57 Å². The second-order valence-corrected chi connectivity index (χ2v) is 5.82. The van der Waals surface area contributed by atoms with Crippen molar-refractivity contribution in [3.05, 3.63) is 16.7 Å². The summed E-state index contributed by atoms with van der Waals surface area (Å²) in [7, 11) is 0. The molecule has 0 spiro atoms. The van der Waals surface area contributed by atoms with Crippen molar-refractivity contribution >= 4 is 23.9 Å². The van der Waals surface area contributed by atoms with Crippen molar-refractivity contribution in [3.63, 3.8) is 0 Å². The number of nitrogens with one attached hydrogen (secondary N) is 1. The second-order valence-electron chi connectivity index (χ2n) is 5.47. The van der Waals surface area contributed by atoms with Gasteiger partial charge in [0.05, 0.1) is 12.6 Å². The highest BCUT2D eigenvalue weighted by Crippen LogP contribution is 2.24. The molecule has 0 unspecified atom stereocenters. The molecular formula is C12H17N3O3S. The predicted octanol–water partition coefficient (Wildman–Crippen LogP) is 2.75. The number of amides is 1. The van der Waals surface area contributed by atoms with Gasteiger partial charge in [0.2, 0.25) is 0 Å². The van der Waals surface area contributed by atoms with E-state index in [-0.39, 0.29) is 17.0 Å². The summed E-state index contributed by atoms with van der Waals surface area (Å²) in [6.07, 6.45) is 1.60. The monoisotopic (exact) mass is 283 g/mol. The SMILES string of the molecule is C[C@@H]1C=C(c2nc(=S)o[nH]2)CN1C(=O)OC(C)(C)C. The second kappa shape index (κ2) is 4.80. The molecule has 1 aliphatic rings. The first-order chi connectivity index (χ1) is 8.76. The highest BCUT2D eigenvalue weighted by molar-refractivity contribution is 7.71. The van der Waals surface area contributed by atoms with Gasteiger partial charge in [-0.3, -0.25) is 4.90 Å². The minimum atomic E-state index is -0.507. The van der Waals surface area contributed by atoms with E-state index in [1.54, 1.807) is 4.90 Å². The molecule has 19 heavy (non-hydrogen) atoms. The summed E-state index contributed by atoms with van der Waals surface area (Å²) in [5.41, 5.74) is 0.367. The molecule has 0 fully saturated rings. The maximum absolute atomic E-state index is 12.0.